The fourth-order valence-electron chi connectivity index (χ4n) is 5.07. The lowest BCUT2D eigenvalue weighted by molar-refractivity contribution is 0.0935. The first-order chi connectivity index (χ1) is 15.9. The van der Waals surface area contributed by atoms with Gasteiger partial charge in [0.25, 0.3) is 5.91 Å². The third-order valence-electron chi connectivity index (χ3n) is 7.12. The molecular formula is C27H36N2O3S. The zero-order valence-corrected chi connectivity index (χ0v) is 20.7. The second-order valence-corrected chi connectivity index (χ2v) is 11.4. The summed E-state index contributed by atoms with van der Waals surface area (Å²) in [7, 11) is -3.62. The molecule has 5 nitrogen and oxygen atoms in total. The Hall–Kier alpha value is -2.18. The molecule has 0 unspecified atom stereocenters. The van der Waals surface area contributed by atoms with Gasteiger partial charge in [-0.15, -0.1) is 0 Å². The average molecular weight is 469 g/mol. The van der Waals surface area contributed by atoms with Crippen molar-refractivity contribution in [2.75, 3.05) is 13.1 Å². The molecule has 0 saturated carbocycles. The van der Waals surface area contributed by atoms with Gasteiger partial charge < -0.3 is 5.32 Å². The SMILES string of the molecule is CC[C@H](NC(=O)c1ccc(C)c(S(=O)(=O)N2CCCCCC2)c1)c1ccc2c(c1)CCCC2. The van der Waals surface area contributed by atoms with Crippen molar-refractivity contribution in [3.63, 3.8) is 0 Å². The van der Waals surface area contributed by atoms with Crippen LogP contribution in [-0.2, 0) is 22.9 Å². The average Bonchev–Trinajstić information content (AvgIpc) is 3.12. The number of fused-ring (bicyclic) bond motifs is 1. The maximum absolute atomic E-state index is 13.4. The highest BCUT2D eigenvalue weighted by Crippen LogP contribution is 2.27. The molecule has 0 radical (unpaired) electrons. The molecule has 1 saturated heterocycles. The number of amides is 1. The summed E-state index contributed by atoms with van der Waals surface area (Å²) in [5.41, 5.74) is 5.01. The number of benzene rings is 2. The number of aryl methyl sites for hydroxylation is 3. The number of sulfonamides is 1. The normalized spacial score (nSPS) is 18.2. The van der Waals surface area contributed by atoms with E-state index in [4.69, 9.17) is 0 Å². The Bertz CT molecular complexity index is 1100. The van der Waals surface area contributed by atoms with E-state index in [1.807, 2.05) is 0 Å². The summed E-state index contributed by atoms with van der Waals surface area (Å²) in [5.74, 6) is -0.230. The number of carbonyl (C=O) groups is 1. The number of nitrogens with zero attached hydrogens (tertiary/aromatic N) is 1. The topological polar surface area (TPSA) is 66.5 Å². The van der Waals surface area contributed by atoms with E-state index in [1.54, 1.807) is 29.4 Å². The van der Waals surface area contributed by atoms with Crippen LogP contribution in [0, 0.1) is 6.92 Å². The van der Waals surface area contributed by atoms with Crippen LogP contribution < -0.4 is 5.32 Å². The van der Waals surface area contributed by atoms with Gasteiger partial charge >= 0.3 is 0 Å². The molecule has 1 fully saturated rings. The van der Waals surface area contributed by atoms with Crippen LogP contribution in [0.4, 0.5) is 0 Å². The molecule has 6 heteroatoms. The smallest absolute Gasteiger partial charge is 0.251 e. The Morgan fingerprint density at radius 3 is 2.33 bits per heavy atom. The van der Waals surface area contributed by atoms with Gasteiger partial charge in [-0.2, -0.15) is 4.31 Å². The molecule has 1 heterocycles. The lowest BCUT2D eigenvalue weighted by Gasteiger charge is -2.23. The molecule has 1 N–H and O–H groups in total. The standard InChI is InChI=1S/C27H36N2O3S/c1-3-25(23-15-14-21-10-6-7-11-22(21)18-23)28-27(30)24-13-12-20(2)26(19-24)33(31,32)29-16-8-4-5-9-17-29/h12-15,18-19,25H,3-11,16-17H2,1-2H3,(H,28,30)/t25-/m0/s1. The highest BCUT2D eigenvalue weighted by molar-refractivity contribution is 7.89. The molecule has 1 amide bonds. The van der Waals surface area contributed by atoms with Gasteiger partial charge in [-0.25, -0.2) is 8.42 Å². The summed E-state index contributed by atoms with van der Waals surface area (Å²) in [6.07, 6.45) is 9.38. The quantitative estimate of drug-likeness (QED) is 0.624. The van der Waals surface area contributed by atoms with Crippen LogP contribution in [0.2, 0.25) is 0 Å². The van der Waals surface area contributed by atoms with Crippen molar-refractivity contribution in [3.8, 4) is 0 Å². The minimum atomic E-state index is -3.62. The Balaban J connectivity index is 1.55. The summed E-state index contributed by atoms with van der Waals surface area (Å²) >= 11 is 0. The largest absolute Gasteiger partial charge is 0.345 e. The summed E-state index contributed by atoms with van der Waals surface area (Å²) in [6.45, 7) is 4.96. The Labute approximate surface area is 198 Å². The number of hydrogen-bond acceptors (Lipinski definition) is 3. The van der Waals surface area contributed by atoms with Crippen molar-refractivity contribution in [3.05, 3.63) is 64.2 Å². The first kappa shape index (κ1) is 24.0. The maximum Gasteiger partial charge on any atom is 0.251 e. The first-order valence-corrected chi connectivity index (χ1v) is 13.9. The fourth-order valence-corrected chi connectivity index (χ4v) is 6.84. The summed E-state index contributed by atoms with van der Waals surface area (Å²) < 4.78 is 28.3. The summed E-state index contributed by atoms with van der Waals surface area (Å²) in [4.78, 5) is 13.4. The molecule has 1 aliphatic carbocycles. The van der Waals surface area contributed by atoms with E-state index in [-0.39, 0.29) is 16.8 Å². The fraction of sp³-hybridized carbons (Fsp3) is 0.519. The van der Waals surface area contributed by atoms with Gasteiger partial charge in [0.05, 0.1) is 10.9 Å². The van der Waals surface area contributed by atoms with Crippen molar-refractivity contribution in [2.24, 2.45) is 0 Å². The van der Waals surface area contributed by atoms with Crippen LogP contribution in [0.25, 0.3) is 0 Å². The van der Waals surface area contributed by atoms with Gasteiger partial charge in [0.2, 0.25) is 10.0 Å². The van der Waals surface area contributed by atoms with E-state index in [9.17, 15) is 13.2 Å². The molecule has 0 spiro atoms. The Morgan fingerprint density at radius 2 is 1.64 bits per heavy atom. The molecular weight excluding hydrogens is 432 g/mol. The molecule has 33 heavy (non-hydrogen) atoms. The van der Waals surface area contributed by atoms with Crippen molar-refractivity contribution in [2.45, 2.75) is 82.6 Å². The Kier molecular flexibility index (Phi) is 7.55. The van der Waals surface area contributed by atoms with Gasteiger partial charge in [-0.1, -0.05) is 44.0 Å². The van der Waals surface area contributed by atoms with E-state index in [2.05, 4.69) is 30.4 Å². The Morgan fingerprint density at radius 1 is 0.939 bits per heavy atom. The second-order valence-electron chi connectivity index (χ2n) is 9.47. The van der Waals surface area contributed by atoms with Gasteiger partial charge in [0.15, 0.2) is 0 Å². The number of hydrogen-bond donors (Lipinski definition) is 1. The zero-order chi connectivity index (χ0) is 23.4. The van der Waals surface area contributed by atoms with Crippen LogP contribution >= 0.6 is 0 Å². The molecule has 2 aliphatic rings. The lowest BCUT2D eigenvalue weighted by atomic mass is 9.88. The molecule has 0 aromatic heterocycles. The minimum Gasteiger partial charge on any atom is -0.345 e. The van der Waals surface area contributed by atoms with E-state index in [1.165, 1.54) is 24.0 Å². The van der Waals surface area contributed by atoms with Crippen molar-refractivity contribution < 1.29 is 13.2 Å². The van der Waals surface area contributed by atoms with Crippen LogP contribution in [-0.4, -0.2) is 31.7 Å². The van der Waals surface area contributed by atoms with Crippen molar-refractivity contribution in [1.29, 1.82) is 0 Å². The summed E-state index contributed by atoms with van der Waals surface area (Å²) in [6, 6.07) is 11.5. The van der Waals surface area contributed by atoms with Gasteiger partial charge in [0.1, 0.15) is 0 Å². The number of rotatable bonds is 6. The van der Waals surface area contributed by atoms with Crippen molar-refractivity contribution >= 4 is 15.9 Å². The molecule has 0 bridgehead atoms. The highest BCUT2D eigenvalue weighted by atomic mass is 32.2. The van der Waals surface area contributed by atoms with Gasteiger partial charge in [0, 0.05) is 18.7 Å². The van der Waals surface area contributed by atoms with Gasteiger partial charge in [-0.05, 0) is 86.3 Å². The molecule has 2 aromatic rings. The molecule has 1 atom stereocenters. The predicted octanol–water partition coefficient (Wildman–Crippen LogP) is 5.32. The van der Waals surface area contributed by atoms with Crippen molar-refractivity contribution in [1.82, 2.24) is 9.62 Å². The monoisotopic (exact) mass is 468 g/mol. The molecule has 178 valence electrons. The highest BCUT2D eigenvalue weighted by Gasteiger charge is 2.28. The van der Waals surface area contributed by atoms with Crippen LogP contribution in [0.5, 0.6) is 0 Å². The van der Waals surface area contributed by atoms with Crippen LogP contribution in [0.15, 0.2) is 41.3 Å². The first-order valence-electron chi connectivity index (χ1n) is 12.4. The van der Waals surface area contributed by atoms with E-state index in [0.29, 0.717) is 24.2 Å². The number of carbonyl (C=O) groups excluding carboxylic acids is 1. The number of nitrogens with one attached hydrogen (secondary N) is 1. The molecule has 1 aliphatic heterocycles. The lowest BCUT2D eigenvalue weighted by Crippen LogP contribution is -2.33. The molecule has 2 aromatic carbocycles. The van der Waals surface area contributed by atoms with Crippen LogP contribution in [0.1, 0.15) is 90.5 Å². The third kappa shape index (κ3) is 5.33. The predicted molar refractivity (Wildman–Crippen MR) is 132 cm³/mol. The third-order valence-corrected chi connectivity index (χ3v) is 9.16. The summed E-state index contributed by atoms with van der Waals surface area (Å²) in [5, 5.41) is 3.15. The van der Waals surface area contributed by atoms with E-state index >= 15 is 0 Å². The molecule has 4 rings (SSSR count). The van der Waals surface area contributed by atoms with E-state index < -0.39 is 10.0 Å². The van der Waals surface area contributed by atoms with Crippen LogP contribution in [0.3, 0.4) is 0 Å². The maximum atomic E-state index is 13.4. The van der Waals surface area contributed by atoms with Gasteiger partial charge in [-0.3, -0.25) is 4.79 Å². The minimum absolute atomic E-state index is 0.100. The second kappa shape index (κ2) is 10.4. The van der Waals surface area contributed by atoms with E-state index in [0.717, 1.165) is 50.5 Å². The zero-order valence-electron chi connectivity index (χ0n) is 19.9.